The normalized spacial score (nSPS) is 13.0. The van der Waals surface area contributed by atoms with Crippen LogP contribution in [0.25, 0.3) is 0 Å². The van der Waals surface area contributed by atoms with Crippen molar-refractivity contribution in [2.45, 2.75) is 52.0 Å². The van der Waals surface area contributed by atoms with Gasteiger partial charge in [0.15, 0.2) is 0 Å². The summed E-state index contributed by atoms with van der Waals surface area (Å²) in [5.74, 6) is -1.16. The van der Waals surface area contributed by atoms with E-state index in [0.29, 0.717) is 0 Å². The number of carbonyl (C=O) groups is 1. The minimum atomic E-state index is -2.89. The van der Waals surface area contributed by atoms with Crippen molar-refractivity contribution in [2.75, 3.05) is 0 Å². The van der Waals surface area contributed by atoms with Gasteiger partial charge in [-0.05, 0) is 13.3 Å². The van der Waals surface area contributed by atoms with Gasteiger partial charge in [0.05, 0.1) is 0 Å². The molecule has 1 amide bonds. The lowest BCUT2D eigenvalue weighted by molar-refractivity contribution is -0.132. The lowest BCUT2D eigenvalue weighted by Crippen LogP contribution is -2.36. The summed E-state index contributed by atoms with van der Waals surface area (Å²) in [6.07, 6.45) is 1.02. The minimum Gasteiger partial charge on any atom is -0.349 e. The van der Waals surface area contributed by atoms with Gasteiger partial charge in [0.1, 0.15) is 0 Å². The van der Waals surface area contributed by atoms with Gasteiger partial charge in [0.25, 0.3) is 5.91 Å². The van der Waals surface area contributed by atoms with Gasteiger partial charge in [-0.1, -0.05) is 26.2 Å². The van der Waals surface area contributed by atoms with E-state index in [4.69, 9.17) is 0 Å². The van der Waals surface area contributed by atoms with Crippen LogP contribution in [0.2, 0.25) is 0 Å². The van der Waals surface area contributed by atoms with Crippen molar-refractivity contribution >= 4 is 5.91 Å². The first-order chi connectivity index (χ1) is 6.07. The van der Waals surface area contributed by atoms with Crippen LogP contribution in [0.5, 0.6) is 0 Å². The highest BCUT2D eigenvalue weighted by atomic mass is 19.3. The average Bonchev–Trinajstić information content (AvgIpc) is 2.04. The van der Waals surface area contributed by atoms with Crippen molar-refractivity contribution in [1.82, 2.24) is 5.32 Å². The molecule has 0 radical (unpaired) electrons. The number of hydrogen-bond acceptors (Lipinski definition) is 1. The zero-order valence-electron chi connectivity index (χ0n) is 8.15. The van der Waals surface area contributed by atoms with Gasteiger partial charge in [-0.3, -0.25) is 4.79 Å². The van der Waals surface area contributed by atoms with E-state index in [2.05, 4.69) is 12.2 Å². The fourth-order valence-electron chi connectivity index (χ4n) is 1.08. The van der Waals surface area contributed by atoms with Crippen LogP contribution >= 0.6 is 0 Å². The molecule has 0 aromatic heterocycles. The number of unbranched alkanes of at least 4 members (excludes halogenated alkanes) is 2. The van der Waals surface area contributed by atoms with Crippen LogP contribution in [-0.4, -0.2) is 18.4 Å². The van der Waals surface area contributed by atoms with Crippen LogP contribution in [0.4, 0.5) is 8.78 Å². The summed E-state index contributed by atoms with van der Waals surface area (Å²) >= 11 is 0. The van der Waals surface area contributed by atoms with Crippen molar-refractivity contribution in [2.24, 2.45) is 0 Å². The van der Waals surface area contributed by atoms with Gasteiger partial charge in [0, 0.05) is 6.04 Å². The highest BCUT2D eigenvalue weighted by Crippen LogP contribution is 2.03. The van der Waals surface area contributed by atoms with E-state index in [-0.39, 0.29) is 6.04 Å². The maximum absolute atomic E-state index is 11.8. The highest BCUT2D eigenvalue weighted by Gasteiger charge is 2.16. The highest BCUT2D eigenvalue weighted by molar-refractivity contribution is 5.79. The molecule has 0 saturated carbocycles. The number of rotatable bonds is 6. The lowest BCUT2D eigenvalue weighted by Gasteiger charge is -2.12. The number of carbonyl (C=O) groups excluding carboxylic acids is 1. The third kappa shape index (κ3) is 6.49. The minimum absolute atomic E-state index is 0.145. The van der Waals surface area contributed by atoms with E-state index >= 15 is 0 Å². The molecule has 0 saturated heterocycles. The maximum Gasteiger partial charge on any atom is 0.315 e. The first-order valence-corrected chi connectivity index (χ1v) is 4.66. The number of hydrogen-bond donors (Lipinski definition) is 1. The average molecular weight is 193 g/mol. The second-order valence-electron chi connectivity index (χ2n) is 3.21. The first kappa shape index (κ1) is 12.3. The number of alkyl halides is 2. The van der Waals surface area contributed by atoms with Gasteiger partial charge in [-0.2, -0.15) is 8.78 Å². The molecule has 4 heteroatoms. The van der Waals surface area contributed by atoms with Crippen molar-refractivity contribution in [1.29, 1.82) is 0 Å². The molecule has 0 fully saturated rings. The standard InChI is InChI=1S/C9H17F2NO/c1-3-4-5-6-7(2)12-9(13)8(10)11/h7-8H,3-6H2,1-2H3,(H,12,13). The number of halogens is 2. The second kappa shape index (κ2) is 6.80. The molecule has 1 N–H and O–H groups in total. The summed E-state index contributed by atoms with van der Waals surface area (Å²) in [7, 11) is 0. The van der Waals surface area contributed by atoms with E-state index in [1.807, 2.05) is 0 Å². The Morgan fingerprint density at radius 3 is 2.46 bits per heavy atom. The van der Waals surface area contributed by atoms with Crippen LogP contribution in [0.15, 0.2) is 0 Å². The Hall–Kier alpha value is -0.670. The molecule has 0 aliphatic heterocycles. The molecule has 0 bridgehead atoms. The van der Waals surface area contributed by atoms with Crippen molar-refractivity contribution < 1.29 is 13.6 Å². The van der Waals surface area contributed by atoms with Crippen LogP contribution < -0.4 is 5.32 Å². The Morgan fingerprint density at radius 2 is 2.00 bits per heavy atom. The zero-order chi connectivity index (χ0) is 10.3. The van der Waals surface area contributed by atoms with Crippen molar-refractivity contribution in [3.63, 3.8) is 0 Å². The Kier molecular flexibility index (Phi) is 6.45. The SMILES string of the molecule is CCCCCC(C)NC(=O)C(F)F. The van der Waals surface area contributed by atoms with Gasteiger partial charge in [-0.15, -0.1) is 0 Å². The fraction of sp³-hybridized carbons (Fsp3) is 0.889. The van der Waals surface area contributed by atoms with Crippen molar-refractivity contribution in [3.8, 4) is 0 Å². The Labute approximate surface area is 77.7 Å². The quantitative estimate of drug-likeness (QED) is 0.644. The number of amides is 1. The molecular formula is C9H17F2NO. The molecule has 0 aromatic carbocycles. The molecule has 1 atom stereocenters. The Morgan fingerprint density at radius 1 is 1.38 bits per heavy atom. The summed E-state index contributed by atoms with van der Waals surface area (Å²) in [6, 6.07) is -0.145. The van der Waals surface area contributed by atoms with E-state index in [0.717, 1.165) is 25.7 Å². The largest absolute Gasteiger partial charge is 0.349 e. The molecule has 78 valence electrons. The van der Waals surface area contributed by atoms with E-state index in [9.17, 15) is 13.6 Å². The summed E-state index contributed by atoms with van der Waals surface area (Å²) in [4.78, 5) is 10.5. The Bertz CT molecular complexity index is 151. The summed E-state index contributed by atoms with van der Waals surface area (Å²) in [6.45, 7) is 3.82. The fourth-order valence-corrected chi connectivity index (χ4v) is 1.08. The molecule has 1 unspecified atom stereocenters. The monoisotopic (exact) mass is 193 g/mol. The maximum atomic E-state index is 11.8. The lowest BCUT2D eigenvalue weighted by atomic mass is 10.1. The van der Waals surface area contributed by atoms with Crippen LogP contribution in [-0.2, 0) is 4.79 Å². The molecule has 0 rings (SSSR count). The summed E-state index contributed by atoms with van der Waals surface area (Å²) < 4.78 is 23.5. The van der Waals surface area contributed by atoms with Gasteiger partial charge in [0.2, 0.25) is 0 Å². The summed E-state index contributed by atoms with van der Waals surface area (Å²) in [5, 5.41) is 2.25. The third-order valence-corrected chi connectivity index (χ3v) is 1.83. The van der Waals surface area contributed by atoms with Gasteiger partial charge >= 0.3 is 6.43 Å². The molecule has 0 spiro atoms. The topological polar surface area (TPSA) is 29.1 Å². The second-order valence-corrected chi connectivity index (χ2v) is 3.21. The zero-order valence-corrected chi connectivity index (χ0v) is 8.15. The van der Waals surface area contributed by atoms with Crippen molar-refractivity contribution in [3.05, 3.63) is 0 Å². The van der Waals surface area contributed by atoms with Gasteiger partial charge in [-0.25, -0.2) is 0 Å². The molecule has 0 aromatic rings. The van der Waals surface area contributed by atoms with E-state index in [1.165, 1.54) is 0 Å². The molecule has 0 aliphatic rings. The molecule has 13 heavy (non-hydrogen) atoms. The molecular weight excluding hydrogens is 176 g/mol. The smallest absolute Gasteiger partial charge is 0.315 e. The van der Waals surface area contributed by atoms with Crippen LogP contribution in [0, 0.1) is 0 Å². The van der Waals surface area contributed by atoms with E-state index < -0.39 is 12.3 Å². The molecule has 0 heterocycles. The first-order valence-electron chi connectivity index (χ1n) is 4.66. The predicted molar refractivity (Wildman–Crippen MR) is 47.8 cm³/mol. The van der Waals surface area contributed by atoms with Crippen LogP contribution in [0.1, 0.15) is 39.5 Å². The number of nitrogens with one attached hydrogen (secondary N) is 1. The third-order valence-electron chi connectivity index (χ3n) is 1.83. The summed E-state index contributed by atoms with van der Waals surface area (Å²) in [5.41, 5.74) is 0. The molecule has 2 nitrogen and oxygen atoms in total. The van der Waals surface area contributed by atoms with Crippen LogP contribution in [0.3, 0.4) is 0 Å². The van der Waals surface area contributed by atoms with E-state index in [1.54, 1.807) is 6.92 Å². The molecule has 0 aliphatic carbocycles. The predicted octanol–water partition coefficient (Wildman–Crippen LogP) is 2.34. The Balaban J connectivity index is 3.50. The van der Waals surface area contributed by atoms with Gasteiger partial charge < -0.3 is 5.32 Å².